The van der Waals surface area contributed by atoms with E-state index in [4.69, 9.17) is 21.3 Å². The van der Waals surface area contributed by atoms with Crippen LogP contribution < -0.4 is 9.64 Å². The van der Waals surface area contributed by atoms with E-state index in [1.54, 1.807) is 28.5 Å². The molecule has 1 fully saturated rings. The molecule has 3 aromatic heterocycles. The van der Waals surface area contributed by atoms with Crippen LogP contribution in [-0.4, -0.2) is 48.2 Å². The predicted molar refractivity (Wildman–Crippen MR) is 122 cm³/mol. The summed E-state index contributed by atoms with van der Waals surface area (Å²) in [7, 11) is 0. The van der Waals surface area contributed by atoms with E-state index in [0.29, 0.717) is 23.6 Å². The van der Waals surface area contributed by atoms with E-state index in [9.17, 15) is 0 Å². The van der Waals surface area contributed by atoms with Crippen molar-refractivity contribution in [3.63, 3.8) is 0 Å². The van der Waals surface area contributed by atoms with E-state index in [1.807, 2.05) is 31.2 Å². The summed E-state index contributed by atoms with van der Waals surface area (Å²) in [4.78, 5) is 15.9. The van der Waals surface area contributed by atoms with Crippen molar-refractivity contribution in [3.8, 4) is 11.4 Å². The van der Waals surface area contributed by atoms with Crippen LogP contribution in [0.5, 0.6) is 5.75 Å². The van der Waals surface area contributed by atoms with Gasteiger partial charge in [-0.05, 0) is 54.5 Å². The summed E-state index contributed by atoms with van der Waals surface area (Å²) < 4.78 is 7.51. The lowest BCUT2D eigenvalue weighted by molar-refractivity contribution is 0.301. The minimum Gasteiger partial charge on any atom is -0.487 e. The lowest BCUT2D eigenvalue weighted by Crippen LogP contribution is -2.34. The molecule has 1 saturated heterocycles. The number of tetrazole rings is 1. The number of nitrogens with zero attached hydrogens (tertiary/aromatic N) is 8. The zero-order valence-electron chi connectivity index (χ0n) is 17.4. The fourth-order valence-electron chi connectivity index (χ4n) is 3.60. The molecule has 4 aromatic rings. The van der Waals surface area contributed by atoms with Gasteiger partial charge in [0.2, 0.25) is 5.95 Å². The van der Waals surface area contributed by atoms with Crippen LogP contribution in [0.3, 0.4) is 0 Å². The smallest absolute Gasteiger partial charge is 0.226 e. The molecule has 0 atom stereocenters. The fourth-order valence-corrected chi connectivity index (χ4v) is 4.70. The van der Waals surface area contributed by atoms with Gasteiger partial charge in [-0.1, -0.05) is 11.6 Å². The van der Waals surface area contributed by atoms with Gasteiger partial charge in [0.05, 0.1) is 16.4 Å². The summed E-state index contributed by atoms with van der Waals surface area (Å²) in [5.74, 6) is 1.93. The Labute approximate surface area is 194 Å². The minimum absolute atomic E-state index is 0.440. The van der Waals surface area contributed by atoms with Crippen molar-refractivity contribution in [2.24, 2.45) is 0 Å². The summed E-state index contributed by atoms with van der Waals surface area (Å²) in [6.07, 6.45) is 5.37. The second-order valence-corrected chi connectivity index (χ2v) is 8.87. The molecule has 0 aliphatic carbocycles. The fraction of sp³-hybridized carbons (Fsp3) is 0.333. The third-order valence-corrected chi connectivity index (χ3v) is 6.87. The van der Waals surface area contributed by atoms with Crippen LogP contribution in [-0.2, 0) is 6.61 Å². The van der Waals surface area contributed by atoms with E-state index in [1.165, 1.54) is 5.01 Å². The molecule has 5 rings (SSSR count). The summed E-state index contributed by atoms with van der Waals surface area (Å²) in [5, 5.41) is 14.9. The minimum atomic E-state index is 0.440. The molecule has 0 saturated carbocycles. The van der Waals surface area contributed by atoms with Gasteiger partial charge in [-0.15, -0.1) is 16.4 Å². The van der Waals surface area contributed by atoms with Crippen LogP contribution in [0.15, 0.2) is 42.2 Å². The first-order chi connectivity index (χ1) is 15.7. The highest BCUT2D eigenvalue weighted by Crippen LogP contribution is 2.32. The topological polar surface area (TPSA) is 94.7 Å². The largest absolute Gasteiger partial charge is 0.487 e. The molecule has 0 N–H and O–H groups in total. The zero-order chi connectivity index (χ0) is 21.9. The number of rotatable bonds is 6. The maximum atomic E-state index is 6.16. The van der Waals surface area contributed by atoms with E-state index in [2.05, 4.69) is 35.8 Å². The summed E-state index contributed by atoms with van der Waals surface area (Å²) >= 11 is 7.86. The Bertz CT molecular complexity index is 1170. The number of anilines is 1. The van der Waals surface area contributed by atoms with E-state index in [0.717, 1.165) is 48.6 Å². The molecular formula is C21H21ClN8OS. The normalized spacial score (nSPS) is 14.6. The molecule has 1 aliphatic heterocycles. The third kappa shape index (κ3) is 4.56. The molecule has 4 heterocycles. The average molecular weight is 469 g/mol. The number of piperidine rings is 1. The zero-order valence-corrected chi connectivity index (χ0v) is 19.0. The first-order valence-electron chi connectivity index (χ1n) is 10.3. The number of hydrogen-bond acceptors (Lipinski definition) is 9. The number of thiazole rings is 1. The number of aryl methyl sites for hydroxylation is 1. The first-order valence-corrected chi connectivity index (χ1v) is 11.6. The Hall–Kier alpha value is -3.11. The molecule has 1 aromatic carbocycles. The molecule has 164 valence electrons. The number of benzene rings is 1. The standard InChI is InChI=1S/C21H21ClN8OS/c1-14-10-23-21(26-19(14)22)29-8-6-15(7-9-29)20-25-16(12-32-20)11-31-18-4-2-17(3-5-18)30-13-24-27-28-30/h2-5,10,12-13,15H,6-9,11H2,1H3. The van der Waals surface area contributed by atoms with Crippen LogP contribution in [0.25, 0.3) is 5.69 Å². The maximum absolute atomic E-state index is 6.16. The highest BCUT2D eigenvalue weighted by atomic mass is 35.5. The Morgan fingerprint density at radius 3 is 2.69 bits per heavy atom. The molecule has 0 amide bonds. The van der Waals surface area contributed by atoms with Crippen LogP contribution in [0.1, 0.15) is 35.0 Å². The van der Waals surface area contributed by atoms with Crippen LogP contribution in [0.4, 0.5) is 5.95 Å². The van der Waals surface area contributed by atoms with Crippen molar-refractivity contribution in [1.29, 1.82) is 0 Å². The Morgan fingerprint density at radius 1 is 1.16 bits per heavy atom. The van der Waals surface area contributed by atoms with Crippen molar-refractivity contribution in [2.45, 2.75) is 32.3 Å². The van der Waals surface area contributed by atoms with Gasteiger partial charge in [0.25, 0.3) is 0 Å². The molecule has 0 unspecified atom stereocenters. The molecule has 0 spiro atoms. The average Bonchev–Trinajstić information content (AvgIpc) is 3.53. The van der Waals surface area contributed by atoms with Crippen LogP contribution >= 0.6 is 22.9 Å². The van der Waals surface area contributed by atoms with Gasteiger partial charge in [-0.3, -0.25) is 0 Å². The Kier molecular flexibility index (Phi) is 5.95. The highest BCUT2D eigenvalue weighted by molar-refractivity contribution is 7.09. The number of halogens is 1. The molecule has 0 bridgehead atoms. The predicted octanol–water partition coefficient (Wildman–Crippen LogP) is 3.83. The monoisotopic (exact) mass is 468 g/mol. The number of aromatic nitrogens is 7. The Balaban J connectivity index is 1.14. The quantitative estimate of drug-likeness (QED) is 0.394. The number of ether oxygens (including phenoxy) is 1. The first kappa shape index (κ1) is 20.8. The van der Waals surface area contributed by atoms with Gasteiger partial charge in [0, 0.05) is 36.1 Å². The van der Waals surface area contributed by atoms with E-state index < -0.39 is 0 Å². The summed E-state index contributed by atoms with van der Waals surface area (Å²) in [6, 6.07) is 7.63. The van der Waals surface area contributed by atoms with Gasteiger partial charge in [-0.2, -0.15) is 0 Å². The lowest BCUT2D eigenvalue weighted by atomic mass is 9.98. The summed E-state index contributed by atoms with van der Waals surface area (Å²) in [6.45, 7) is 4.13. The molecular weight excluding hydrogens is 448 g/mol. The Morgan fingerprint density at radius 2 is 1.97 bits per heavy atom. The molecule has 32 heavy (non-hydrogen) atoms. The highest BCUT2D eigenvalue weighted by Gasteiger charge is 2.24. The second kappa shape index (κ2) is 9.17. The van der Waals surface area contributed by atoms with Crippen molar-refractivity contribution >= 4 is 28.9 Å². The SMILES string of the molecule is Cc1cnc(N2CCC(c3nc(COc4ccc(-n5cnnn5)cc4)cs3)CC2)nc1Cl. The number of hydrogen-bond donors (Lipinski definition) is 0. The summed E-state index contributed by atoms with van der Waals surface area (Å²) in [5.41, 5.74) is 2.72. The van der Waals surface area contributed by atoms with Gasteiger partial charge in [0.15, 0.2) is 0 Å². The maximum Gasteiger partial charge on any atom is 0.226 e. The van der Waals surface area contributed by atoms with Crippen molar-refractivity contribution in [1.82, 2.24) is 35.2 Å². The third-order valence-electron chi connectivity index (χ3n) is 5.43. The van der Waals surface area contributed by atoms with Gasteiger partial charge < -0.3 is 9.64 Å². The van der Waals surface area contributed by atoms with Gasteiger partial charge in [-0.25, -0.2) is 19.6 Å². The molecule has 11 heteroatoms. The molecule has 1 aliphatic rings. The van der Waals surface area contributed by atoms with E-state index >= 15 is 0 Å². The van der Waals surface area contributed by atoms with E-state index in [-0.39, 0.29) is 0 Å². The molecule has 0 radical (unpaired) electrons. The van der Waals surface area contributed by atoms with Crippen molar-refractivity contribution in [2.75, 3.05) is 18.0 Å². The second-order valence-electron chi connectivity index (χ2n) is 7.62. The lowest BCUT2D eigenvalue weighted by Gasteiger charge is -2.31. The van der Waals surface area contributed by atoms with Gasteiger partial charge >= 0.3 is 0 Å². The molecule has 9 nitrogen and oxygen atoms in total. The van der Waals surface area contributed by atoms with Crippen LogP contribution in [0.2, 0.25) is 5.15 Å². The van der Waals surface area contributed by atoms with Gasteiger partial charge in [0.1, 0.15) is 23.8 Å². The van der Waals surface area contributed by atoms with Crippen molar-refractivity contribution in [3.05, 3.63) is 63.6 Å². The van der Waals surface area contributed by atoms with Crippen molar-refractivity contribution < 1.29 is 4.74 Å². The van der Waals surface area contributed by atoms with Crippen LogP contribution in [0, 0.1) is 6.92 Å².